The summed E-state index contributed by atoms with van der Waals surface area (Å²) in [6.07, 6.45) is 8.64. The Morgan fingerprint density at radius 1 is 0.933 bits per heavy atom. The quantitative estimate of drug-likeness (QED) is 0.201. The van der Waals surface area contributed by atoms with Gasteiger partial charge in [0.05, 0.1) is 22.5 Å². The zero-order valence-electron chi connectivity index (χ0n) is 25.9. The molecule has 0 unspecified atom stereocenters. The third-order valence-electron chi connectivity index (χ3n) is 9.17. The van der Waals surface area contributed by atoms with Crippen molar-refractivity contribution in [3.63, 3.8) is 0 Å². The maximum Gasteiger partial charge on any atom is 0.345 e. The molecule has 8 nitrogen and oxygen atoms in total. The molecule has 2 amide bonds. The summed E-state index contributed by atoms with van der Waals surface area (Å²) in [7, 11) is 1.68. The summed E-state index contributed by atoms with van der Waals surface area (Å²) in [5.41, 5.74) is 4.91. The topological polar surface area (TPSA) is 92.1 Å². The van der Waals surface area contributed by atoms with E-state index in [4.69, 9.17) is 4.74 Å². The third-order valence-corrected chi connectivity index (χ3v) is 10.3. The number of aromatic nitrogens is 1. The molecule has 6 rings (SSSR count). The molecule has 3 heterocycles. The van der Waals surface area contributed by atoms with Crippen LogP contribution in [0.4, 0.5) is 0 Å². The molecule has 0 bridgehead atoms. The summed E-state index contributed by atoms with van der Waals surface area (Å²) in [5.74, 6) is -0.141. The van der Waals surface area contributed by atoms with Crippen LogP contribution in [0.2, 0.25) is 0 Å². The van der Waals surface area contributed by atoms with E-state index < -0.39 is 5.97 Å². The largest absolute Gasteiger partial charge is 0.489 e. The van der Waals surface area contributed by atoms with Crippen molar-refractivity contribution < 1.29 is 24.2 Å². The molecule has 0 atom stereocenters. The molecule has 1 aliphatic carbocycles. The van der Waals surface area contributed by atoms with Crippen molar-refractivity contribution >= 4 is 39.3 Å². The molecular weight excluding hydrogens is 586 g/mol. The first-order chi connectivity index (χ1) is 21.9. The smallest absolute Gasteiger partial charge is 0.345 e. The molecule has 2 fully saturated rings. The van der Waals surface area contributed by atoms with Gasteiger partial charge in [-0.3, -0.25) is 9.59 Å². The number of benzene rings is 2. The van der Waals surface area contributed by atoms with Crippen molar-refractivity contribution in [2.75, 3.05) is 26.7 Å². The highest BCUT2D eigenvalue weighted by Gasteiger charge is 2.30. The molecule has 1 saturated carbocycles. The number of amides is 2. The minimum atomic E-state index is -0.964. The van der Waals surface area contributed by atoms with E-state index in [1.165, 1.54) is 22.7 Å². The molecule has 2 aliphatic rings. The number of hydrogen-bond donors (Lipinski definition) is 1. The van der Waals surface area contributed by atoms with E-state index in [0.717, 1.165) is 96.4 Å². The molecular formula is C36H41N3O5S. The molecule has 1 N–H and O–H groups in total. The number of thiophene rings is 1. The van der Waals surface area contributed by atoms with Gasteiger partial charge in [-0.25, -0.2) is 4.79 Å². The van der Waals surface area contributed by atoms with Crippen molar-refractivity contribution in [1.82, 2.24) is 14.4 Å². The second-order valence-corrected chi connectivity index (χ2v) is 13.4. The molecule has 0 radical (unpaired) electrons. The van der Waals surface area contributed by atoms with E-state index in [9.17, 15) is 19.5 Å². The van der Waals surface area contributed by atoms with Gasteiger partial charge in [0.1, 0.15) is 23.8 Å². The second-order valence-electron chi connectivity index (χ2n) is 12.3. The molecule has 2 aromatic carbocycles. The Bertz CT molecular complexity index is 1650. The first kappa shape index (κ1) is 30.9. The van der Waals surface area contributed by atoms with E-state index >= 15 is 0 Å². The van der Waals surface area contributed by atoms with E-state index in [2.05, 4.69) is 0 Å². The van der Waals surface area contributed by atoms with Crippen LogP contribution in [-0.4, -0.2) is 63.9 Å². The van der Waals surface area contributed by atoms with Crippen LogP contribution in [-0.2, 0) is 22.7 Å². The lowest BCUT2D eigenvalue weighted by molar-refractivity contribution is -0.140. The Kier molecular flexibility index (Phi) is 9.54. The Hall–Kier alpha value is -4.11. The molecule has 0 spiro atoms. The summed E-state index contributed by atoms with van der Waals surface area (Å²) in [4.78, 5) is 42.5. The first-order valence-electron chi connectivity index (χ1n) is 16.1. The number of carboxylic acid groups (broad SMARTS) is 1. The van der Waals surface area contributed by atoms with Crippen LogP contribution in [0.3, 0.4) is 0 Å². The van der Waals surface area contributed by atoms with Crippen molar-refractivity contribution in [2.24, 2.45) is 0 Å². The van der Waals surface area contributed by atoms with Gasteiger partial charge in [-0.1, -0.05) is 49.6 Å². The molecule has 9 heteroatoms. The SMILES string of the molecule is CN(CC(=O)N1CCCCC1)C(=O)Cn1c(-c2ccc(OCc3ccccc3)cc2)c(C2CCCCC2)c2sc(C(=O)O)cc21. The van der Waals surface area contributed by atoms with Crippen LogP contribution in [0.1, 0.15) is 78.1 Å². The van der Waals surface area contributed by atoms with E-state index in [1.54, 1.807) is 13.1 Å². The van der Waals surface area contributed by atoms with Crippen molar-refractivity contribution in [2.45, 2.75) is 70.4 Å². The minimum Gasteiger partial charge on any atom is -0.489 e. The maximum absolute atomic E-state index is 13.8. The van der Waals surface area contributed by atoms with Gasteiger partial charge < -0.3 is 24.2 Å². The fourth-order valence-electron chi connectivity index (χ4n) is 6.74. The van der Waals surface area contributed by atoms with Gasteiger partial charge >= 0.3 is 5.97 Å². The fraction of sp³-hybridized carbons (Fsp3) is 0.417. The van der Waals surface area contributed by atoms with Gasteiger partial charge in [-0.15, -0.1) is 11.3 Å². The molecule has 2 aromatic heterocycles. The standard InChI is InChI=1S/C36H41N3O5S/c1-37(22-32(41)38-19-9-4-10-20-38)31(40)23-39-29-21-30(36(42)43)45-35(29)33(26-13-7-3-8-14-26)34(39)27-15-17-28(18-16-27)44-24-25-11-5-2-6-12-25/h2,5-6,11-12,15-18,21,26H,3-4,7-10,13-14,19-20,22-24H2,1H3,(H,42,43). The molecule has 1 aliphatic heterocycles. The van der Waals surface area contributed by atoms with Crippen molar-refractivity contribution in [3.8, 4) is 17.0 Å². The van der Waals surface area contributed by atoms with Crippen LogP contribution in [0.5, 0.6) is 5.75 Å². The number of ether oxygens (including phenoxy) is 1. The Labute approximate surface area is 268 Å². The van der Waals surface area contributed by atoms with Gasteiger partial charge in [-0.05, 0) is 85.0 Å². The van der Waals surface area contributed by atoms with Crippen LogP contribution in [0.25, 0.3) is 21.5 Å². The zero-order valence-corrected chi connectivity index (χ0v) is 26.7. The average Bonchev–Trinajstić information content (AvgIpc) is 3.63. The predicted octanol–water partition coefficient (Wildman–Crippen LogP) is 7.17. The molecule has 1 saturated heterocycles. The average molecular weight is 628 g/mol. The summed E-state index contributed by atoms with van der Waals surface area (Å²) in [5, 5.41) is 9.91. The van der Waals surface area contributed by atoms with Gasteiger partial charge in [0.25, 0.3) is 0 Å². The Balaban J connectivity index is 1.35. The monoisotopic (exact) mass is 627 g/mol. The number of rotatable bonds is 10. The van der Waals surface area contributed by atoms with Crippen molar-refractivity contribution in [3.05, 3.63) is 76.7 Å². The lowest BCUT2D eigenvalue weighted by Crippen LogP contribution is -2.44. The number of hydrogen-bond acceptors (Lipinski definition) is 5. The lowest BCUT2D eigenvalue weighted by atomic mass is 9.83. The van der Waals surface area contributed by atoms with Crippen LogP contribution >= 0.6 is 11.3 Å². The first-order valence-corrected chi connectivity index (χ1v) is 16.9. The number of carboxylic acids is 1. The fourth-order valence-corrected chi connectivity index (χ4v) is 7.86. The lowest BCUT2D eigenvalue weighted by Gasteiger charge is -2.29. The Morgan fingerprint density at radius 3 is 2.31 bits per heavy atom. The van der Waals surface area contributed by atoms with Crippen LogP contribution < -0.4 is 4.74 Å². The number of carbonyl (C=O) groups excluding carboxylic acids is 2. The van der Waals surface area contributed by atoms with Gasteiger partial charge in [-0.2, -0.15) is 0 Å². The summed E-state index contributed by atoms with van der Waals surface area (Å²) >= 11 is 1.30. The summed E-state index contributed by atoms with van der Waals surface area (Å²) in [6.45, 7) is 2.00. The van der Waals surface area contributed by atoms with E-state index in [0.29, 0.717) is 6.61 Å². The highest BCUT2D eigenvalue weighted by molar-refractivity contribution is 7.21. The van der Waals surface area contributed by atoms with Crippen LogP contribution in [0.15, 0.2) is 60.7 Å². The molecule has 45 heavy (non-hydrogen) atoms. The number of piperidine rings is 1. The maximum atomic E-state index is 13.8. The number of likely N-dealkylation sites (N-methyl/N-ethyl adjacent to an activating group) is 1. The summed E-state index contributed by atoms with van der Waals surface area (Å²) < 4.78 is 9.00. The highest BCUT2D eigenvalue weighted by atomic mass is 32.1. The van der Waals surface area contributed by atoms with Gasteiger partial charge in [0.15, 0.2) is 0 Å². The van der Waals surface area contributed by atoms with Crippen molar-refractivity contribution in [1.29, 1.82) is 0 Å². The minimum absolute atomic E-state index is 0.0182. The highest BCUT2D eigenvalue weighted by Crippen LogP contribution is 2.47. The van der Waals surface area contributed by atoms with Crippen LogP contribution in [0, 0.1) is 0 Å². The van der Waals surface area contributed by atoms with E-state index in [1.807, 2.05) is 64.1 Å². The van der Waals surface area contributed by atoms with Gasteiger partial charge in [0.2, 0.25) is 11.8 Å². The molecule has 4 aromatic rings. The predicted molar refractivity (Wildman–Crippen MR) is 177 cm³/mol. The normalized spacial score (nSPS) is 15.7. The number of aromatic carboxylic acids is 1. The third kappa shape index (κ3) is 6.93. The van der Waals surface area contributed by atoms with E-state index in [-0.39, 0.29) is 35.7 Å². The number of nitrogens with zero attached hydrogens (tertiary/aromatic N) is 3. The molecule has 236 valence electrons. The second kappa shape index (κ2) is 13.9. The summed E-state index contributed by atoms with van der Waals surface area (Å²) in [6, 6.07) is 19.7. The Morgan fingerprint density at radius 2 is 1.62 bits per heavy atom. The number of fused-ring (bicyclic) bond motifs is 1. The number of likely N-dealkylation sites (tertiary alicyclic amines) is 1. The zero-order chi connectivity index (χ0) is 31.3. The number of carbonyl (C=O) groups is 3. The van der Waals surface area contributed by atoms with Gasteiger partial charge in [0, 0.05) is 20.1 Å².